The van der Waals surface area contributed by atoms with Crippen LogP contribution in [0.25, 0.3) is 0 Å². The van der Waals surface area contributed by atoms with Crippen molar-refractivity contribution in [1.82, 2.24) is 4.90 Å². The molecule has 0 aromatic rings. The summed E-state index contributed by atoms with van der Waals surface area (Å²) < 4.78 is 0. The van der Waals surface area contributed by atoms with Crippen molar-refractivity contribution in [3.63, 3.8) is 0 Å². The van der Waals surface area contributed by atoms with Gasteiger partial charge >= 0.3 is 0 Å². The van der Waals surface area contributed by atoms with Crippen molar-refractivity contribution >= 4 is 0 Å². The Bertz CT molecular complexity index is 177. The average molecular weight is 292 g/mol. The Morgan fingerprint density at radius 3 is 1.00 bits per heavy atom. The van der Waals surface area contributed by atoms with Crippen LogP contribution in [0.4, 0.5) is 0 Å². The van der Waals surface area contributed by atoms with Gasteiger partial charge < -0.3 is 0 Å². The first-order valence-electron chi connectivity index (χ1n) is 9.24. The molecule has 21 heavy (non-hydrogen) atoms. The summed E-state index contributed by atoms with van der Waals surface area (Å²) in [5.41, 5.74) is 0. The van der Waals surface area contributed by atoms with E-state index in [-0.39, 0.29) is 0 Å². The van der Waals surface area contributed by atoms with Gasteiger partial charge in [0, 0.05) is 14.1 Å². The molecule has 0 aromatic carbocycles. The summed E-state index contributed by atoms with van der Waals surface area (Å²) >= 11 is 0. The third-order valence-corrected chi connectivity index (χ3v) is 4.12. The number of rotatable bonds is 17. The van der Waals surface area contributed by atoms with E-state index < -0.39 is 0 Å². The Morgan fingerprint density at radius 2 is 0.714 bits per heavy atom. The lowest BCUT2D eigenvalue weighted by molar-refractivity contribution is 0.455. The van der Waals surface area contributed by atoms with Crippen molar-refractivity contribution in [2.75, 3.05) is 6.54 Å². The van der Waals surface area contributed by atoms with Crippen LogP contribution in [-0.2, 0) is 0 Å². The second-order valence-electron chi connectivity index (χ2n) is 6.33. The molecule has 0 spiro atoms. The third-order valence-electron chi connectivity index (χ3n) is 4.12. The molecule has 0 rings (SSSR count). The zero-order valence-electron chi connectivity index (χ0n) is 14.2. The number of hydrogen-bond donors (Lipinski definition) is 0. The SMILES string of the molecule is [CH]CCCCCCCCCCCCCCCCCN([CH])[CH]. The first-order valence-corrected chi connectivity index (χ1v) is 9.24. The zero-order chi connectivity index (χ0) is 15.6. The molecule has 0 unspecified atom stereocenters. The van der Waals surface area contributed by atoms with Gasteiger partial charge in [0.25, 0.3) is 0 Å². The van der Waals surface area contributed by atoms with Gasteiger partial charge in [-0.2, -0.15) is 0 Å². The molecule has 0 saturated carbocycles. The van der Waals surface area contributed by atoms with Gasteiger partial charge in [-0.3, -0.25) is 4.90 Å². The van der Waals surface area contributed by atoms with Crippen molar-refractivity contribution in [2.24, 2.45) is 0 Å². The van der Waals surface area contributed by atoms with E-state index in [0.29, 0.717) is 0 Å². The normalized spacial score (nSPS) is 11.4. The second-order valence-corrected chi connectivity index (χ2v) is 6.33. The van der Waals surface area contributed by atoms with Crippen LogP contribution < -0.4 is 0 Å². The predicted octanol–water partition coefficient (Wildman–Crippen LogP) is 6.58. The molecule has 1 heteroatoms. The quantitative estimate of drug-likeness (QED) is 0.216. The molecule has 1 nitrogen and oxygen atoms in total. The van der Waals surface area contributed by atoms with E-state index in [1.54, 1.807) is 0 Å². The van der Waals surface area contributed by atoms with Crippen molar-refractivity contribution in [2.45, 2.75) is 103 Å². The third kappa shape index (κ3) is 20.0. The Hall–Kier alpha value is -0.0400. The predicted molar refractivity (Wildman–Crippen MR) is 93.5 cm³/mol. The van der Waals surface area contributed by atoms with Gasteiger partial charge in [-0.25, -0.2) is 0 Å². The summed E-state index contributed by atoms with van der Waals surface area (Å²) in [6.45, 7) is 6.29. The Kier molecular flexibility index (Phi) is 18.0. The molecule has 0 atom stereocenters. The number of nitrogens with zero attached hydrogens (tertiary/aromatic N) is 1. The maximum Gasteiger partial charge on any atom is 0.0443 e. The van der Waals surface area contributed by atoms with Crippen LogP contribution in [0.1, 0.15) is 103 Å². The molecule has 6 radical (unpaired) electrons. The summed E-state index contributed by atoms with van der Waals surface area (Å²) in [5, 5.41) is 0. The molecular weight excluding hydrogens is 254 g/mol. The average Bonchev–Trinajstić information content (AvgIpc) is 2.46. The highest BCUT2D eigenvalue weighted by Crippen LogP contribution is 2.13. The van der Waals surface area contributed by atoms with Gasteiger partial charge in [0.2, 0.25) is 0 Å². The molecule has 0 fully saturated rings. The fourth-order valence-electron chi connectivity index (χ4n) is 2.74. The van der Waals surface area contributed by atoms with E-state index in [2.05, 4.69) is 0 Å². The van der Waals surface area contributed by atoms with Crippen LogP contribution in [-0.4, -0.2) is 11.4 Å². The van der Waals surface area contributed by atoms with Gasteiger partial charge in [0.1, 0.15) is 0 Å². The van der Waals surface area contributed by atoms with Crippen LogP contribution in [0.5, 0.6) is 0 Å². The molecule has 0 aromatic heterocycles. The van der Waals surface area contributed by atoms with Crippen molar-refractivity contribution in [1.29, 1.82) is 0 Å². The van der Waals surface area contributed by atoms with E-state index >= 15 is 0 Å². The maximum atomic E-state index is 5.48. The Labute approximate surface area is 135 Å². The molecule has 0 amide bonds. The van der Waals surface area contributed by atoms with E-state index in [1.807, 2.05) is 0 Å². The second kappa shape index (κ2) is 18.0. The molecule has 0 saturated heterocycles. The minimum Gasteiger partial charge on any atom is -0.291 e. The molecule has 0 heterocycles. The number of unbranched alkanes of at least 4 members (excludes halogenated alkanes) is 15. The van der Waals surface area contributed by atoms with Crippen molar-refractivity contribution in [3.8, 4) is 0 Å². The van der Waals surface area contributed by atoms with E-state index in [1.165, 1.54) is 94.8 Å². The van der Waals surface area contributed by atoms with Gasteiger partial charge in [-0.1, -0.05) is 89.9 Å². The highest BCUT2D eigenvalue weighted by molar-refractivity contribution is 4.53. The highest BCUT2D eigenvalue weighted by Gasteiger charge is 1.95. The topological polar surface area (TPSA) is 3.24 Å². The fourth-order valence-corrected chi connectivity index (χ4v) is 2.74. The van der Waals surface area contributed by atoms with E-state index in [9.17, 15) is 0 Å². The van der Waals surface area contributed by atoms with E-state index in [0.717, 1.165) is 19.4 Å². The van der Waals surface area contributed by atoms with Gasteiger partial charge in [-0.05, 0) is 26.3 Å². The van der Waals surface area contributed by atoms with E-state index in [4.69, 9.17) is 21.0 Å². The molecule has 0 aliphatic carbocycles. The smallest absolute Gasteiger partial charge is 0.0443 e. The summed E-state index contributed by atoms with van der Waals surface area (Å²) in [6, 6.07) is 0. The lowest BCUT2D eigenvalue weighted by Crippen LogP contribution is -2.06. The van der Waals surface area contributed by atoms with Crippen molar-refractivity contribution in [3.05, 3.63) is 21.0 Å². The molecule has 0 bridgehead atoms. The molecule has 0 aliphatic rings. The zero-order valence-corrected chi connectivity index (χ0v) is 14.2. The monoisotopic (exact) mass is 291 g/mol. The Morgan fingerprint density at radius 1 is 0.429 bits per heavy atom. The van der Waals surface area contributed by atoms with Crippen LogP contribution in [0, 0.1) is 21.0 Å². The van der Waals surface area contributed by atoms with Crippen molar-refractivity contribution < 1.29 is 0 Å². The number of hydrogen-bond acceptors (Lipinski definition) is 1. The summed E-state index contributed by atoms with van der Waals surface area (Å²) in [5.74, 6) is 0. The lowest BCUT2D eigenvalue weighted by Gasteiger charge is -2.07. The van der Waals surface area contributed by atoms with Crippen LogP contribution in [0.15, 0.2) is 0 Å². The van der Waals surface area contributed by atoms with Gasteiger partial charge in [-0.15, -0.1) is 0 Å². The highest BCUT2D eigenvalue weighted by atomic mass is 15.0. The fraction of sp³-hybridized carbons (Fsp3) is 0.850. The molecule has 122 valence electrons. The minimum atomic E-state index is 0.812. The minimum absolute atomic E-state index is 0.812. The van der Waals surface area contributed by atoms with Crippen LogP contribution >= 0.6 is 0 Å². The van der Waals surface area contributed by atoms with Gasteiger partial charge in [0.15, 0.2) is 0 Å². The van der Waals surface area contributed by atoms with Crippen LogP contribution in [0.2, 0.25) is 0 Å². The maximum absolute atomic E-state index is 5.48. The Balaban J connectivity index is 2.93. The first-order chi connectivity index (χ1) is 10.3. The summed E-state index contributed by atoms with van der Waals surface area (Å²) in [6.07, 6.45) is 21.2. The van der Waals surface area contributed by atoms with Gasteiger partial charge in [0.05, 0.1) is 0 Å². The summed E-state index contributed by atoms with van der Waals surface area (Å²) in [7, 11) is 10.7. The van der Waals surface area contributed by atoms with Crippen LogP contribution in [0.3, 0.4) is 0 Å². The largest absolute Gasteiger partial charge is 0.291 e. The molecule has 0 N–H and O–H groups in total. The molecular formula is C20H37N. The standard InChI is InChI=1S/C20H37N/c1-4-5-6-7-8-9-10-11-12-13-14-15-16-17-18-19-20-21(2)3/h1-3H,4-20H2. The first kappa shape index (κ1) is 21.0. The summed E-state index contributed by atoms with van der Waals surface area (Å²) in [4.78, 5) is 1.29. The molecule has 0 aliphatic heterocycles. The lowest BCUT2D eigenvalue weighted by atomic mass is 10.0.